The Labute approximate surface area is 121 Å². The molecule has 19 heavy (non-hydrogen) atoms. The van der Waals surface area contributed by atoms with Gasteiger partial charge in [0.15, 0.2) is 0 Å². The smallest absolute Gasteiger partial charge is 0.261 e. The summed E-state index contributed by atoms with van der Waals surface area (Å²) in [7, 11) is 1.59. The molecule has 0 atom stereocenters. The SMILES string of the molecule is COc1ccc2c(c1)OC=CN(CCCCBr)C2=O. The first-order chi connectivity index (χ1) is 9.26. The molecule has 0 spiro atoms. The highest BCUT2D eigenvalue weighted by atomic mass is 79.9. The van der Waals surface area contributed by atoms with Crippen molar-refractivity contribution in [3.05, 3.63) is 36.2 Å². The lowest BCUT2D eigenvalue weighted by atomic mass is 10.1. The van der Waals surface area contributed by atoms with Gasteiger partial charge in [-0.3, -0.25) is 4.79 Å². The van der Waals surface area contributed by atoms with E-state index in [0.717, 1.165) is 18.2 Å². The van der Waals surface area contributed by atoms with Crippen LogP contribution in [0.4, 0.5) is 0 Å². The number of alkyl halides is 1. The number of nitrogens with zero attached hydrogens (tertiary/aromatic N) is 1. The molecule has 0 saturated heterocycles. The lowest BCUT2D eigenvalue weighted by Gasteiger charge is -2.16. The van der Waals surface area contributed by atoms with Crippen LogP contribution in [0.15, 0.2) is 30.7 Å². The zero-order chi connectivity index (χ0) is 13.7. The van der Waals surface area contributed by atoms with Gasteiger partial charge in [0.25, 0.3) is 5.91 Å². The van der Waals surface area contributed by atoms with Gasteiger partial charge in [-0.05, 0) is 25.0 Å². The minimum absolute atomic E-state index is 0.0408. The Balaban J connectivity index is 2.18. The average molecular weight is 326 g/mol. The van der Waals surface area contributed by atoms with Crippen LogP contribution >= 0.6 is 15.9 Å². The normalized spacial score (nSPS) is 13.8. The Kier molecular flexibility index (Phi) is 4.85. The minimum atomic E-state index is -0.0408. The van der Waals surface area contributed by atoms with Crippen molar-refractivity contribution in [3.8, 4) is 11.5 Å². The summed E-state index contributed by atoms with van der Waals surface area (Å²) in [5, 5.41) is 0.947. The van der Waals surface area contributed by atoms with Crippen molar-refractivity contribution in [3.63, 3.8) is 0 Å². The predicted octanol–water partition coefficient (Wildman–Crippen LogP) is 3.18. The summed E-state index contributed by atoms with van der Waals surface area (Å²) in [5.41, 5.74) is 0.560. The van der Waals surface area contributed by atoms with E-state index in [9.17, 15) is 4.79 Å². The molecule has 0 fully saturated rings. The van der Waals surface area contributed by atoms with E-state index in [1.807, 2.05) is 0 Å². The van der Waals surface area contributed by atoms with E-state index in [4.69, 9.17) is 9.47 Å². The minimum Gasteiger partial charge on any atom is -0.497 e. The predicted molar refractivity (Wildman–Crippen MR) is 76.8 cm³/mol. The second-order valence-electron chi connectivity index (χ2n) is 4.16. The van der Waals surface area contributed by atoms with Crippen LogP contribution in [0.25, 0.3) is 0 Å². The molecule has 1 heterocycles. The van der Waals surface area contributed by atoms with Gasteiger partial charge in [-0.2, -0.15) is 0 Å². The number of amides is 1. The van der Waals surface area contributed by atoms with Gasteiger partial charge in [-0.25, -0.2) is 0 Å². The van der Waals surface area contributed by atoms with Crippen LogP contribution in [-0.2, 0) is 0 Å². The molecule has 0 bridgehead atoms. The molecule has 0 aliphatic carbocycles. The van der Waals surface area contributed by atoms with E-state index >= 15 is 0 Å². The van der Waals surface area contributed by atoms with Gasteiger partial charge in [0.2, 0.25) is 0 Å². The Morgan fingerprint density at radius 3 is 2.95 bits per heavy atom. The van der Waals surface area contributed by atoms with Gasteiger partial charge < -0.3 is 14.4 Å². The average Bonchev–Trinajstić information content (AvgIpc) is 2.59. The van der Waals surface area contributed by atoms with Gasteiger partial charge in [0.05, 0.1) is 12.7 Å². The zero-order valence-corrected chi connectivity index (χ0v) is 12.4. The van der Waals surface area contributed by atoms with Crippen molar-refractivity contribution in [1.29, 1.82) is 0 Å². The van der Waals surface area contributed by atoms with Crippen LogP contribution in [0, 0.1) is 0 Å². The van der Waals surface area contributed by atoms with Crippen LogP contribution in [0.5, 0.6) is 11.5 Å². The fraction of sp³-hybridized carbons (Fsp3) is 0.357. The highest BCUT2D eigenvalue weighted by Gasteiger charge is 2.21. The molecular formula is C14H16BrNO3. The molecule has 0 unspecified atom stereocenters. The third-order valence-corrected chi connectivity index (χ3v) is 3.46. The van der Waals surface area contributed by atoms with E-state index in [2.05, 4.69) is 15.9 Å². The summed E-state index contributed by atoms with van der Waals surface area (Å²) in [6, 6.07) is 5.22. The van der Waals surface area contributed by atoms with E-state index in [0.29, 0.717) is 23.6 Å². The monoisotopic (exact) mass is 325 g/mol. The first-order valence-electron chi connectivity index (χ1n) is 6.14. The maximum atomic E-state index is 12.4. The number of halogens is 1. The van der Waals surface area contributed by atoms with Crippen LogP contribution in [-0.4, -0.2) is 29.8 Å². The lowest BCUT2D eigenvalue weighted by molar-refractivity contribution is 0.0822. The molecule has 0 aromatic heterocycles. The molecule has 1 amide bonds. The summed E-state index contributed by atoms with van der Waals surface area (Å²) in [6.07, 6.45) is 5.21. The fourth-order valence-electron chi connectivity index (χ4n) is 1.86. The molecule has 0 N–H and O–H groups in total. The number of hydrogen-bond donors (Lipinski definition) is 0. The molecule has 0 radical (unpaired) electrons. The Bertz CT molecular complexity index is 488. The third-order valence-electron chi connectivity index (χ3n) is 2.90. The zero-order valence-electron chi connectivity index (χ0n) is 10.8. The molecule has 1 aromatic rings. The van der Waals surface area contributed by atoms with Crippen LogP contribution in [0.3, 0.4) is 0 Å². The van der Waals surface area contributed by atoms with Crippen molar-refractivity contribution >= 4 is 21.8 Å². The molecule has 1 aliphatic rings. The standard InChI is InChI=1S/C14H16BrNO3/c1-18-11-4-5-12-13(10-11)19-9-8-16(14(12)17)7-3-2-6-15/h4-5,8-10H,2-3,6-7H2,1H3. The van der Waals surface area contributed by atoms with Crippen LogP contribution in [0.2, 0.25) is 0 Å². The number of hydrogen-bond acceptors (Lipinski definition) is 3. The van der Waals surface area contributed by atoms with Crippen molar-refractivity contribution in [2.24, 2.45) is 0 Å². The van der Waals surface area contributed by atoms with Crippen LogP contribution in [0.1, 0.15) is 23.2 Å². The highest BCUT2D eigenvalue weighted by molar-refractivity contribution is 9.09. The molecule has 0 saturated carbocycles. The number of rotatable bonds is 5. The molecular weight excluding hydrogens is 310 g/mol. The van der Waals surface area contributed by atoms with E-state index in [1.54, 1.807) is 36.4 Å². The topological polar surface area (TPSA) is 38.8 Å². The number of fused-ring (bicyclic) bond motifs is 1. The van der Waals surface area contributed by atoms with Crippen molar-refractivity contribution in [1.82, 2.24) is 4.90 Å². The largest absolute Gasteiger partial charge is 0.497 e. The number of methoxy groups -OCH3 is 1. The summed E-state index contributed by atoms with van der Waals surface area (Å²) in [6.45, 7) is 0.690. The number of carbonyl (C=O) groups excluding carboxylic acids is 1. The number of carbonyl (C=O) groups is 1. The van der Waals surface area contributed by atoms with Gasteiger partial charge in [-0.1, -0.05) is 15.9 Å². The van der Waals surface area contributed by atoms with E-state index < -0.39 is 0 Å². The maximum absolute atomic E-state index is 12.4. The van der Waals surface area contributed by atoms with Crippen LogP contribution < -0.4 is 9.47 Å². The first kappa shape index (κ1) is 13.9. The number of ether oxygens (including phenoxy) is 2. The van der Waals surface area contributed by atoms with Gasteiger partial charge >= 0.3 is 0 Å². The van der Waals surface area contributed by atoms with Gasteiger partial charge in [0.1, 0.15) is 17.8 Å². The summed E-state index contributed by atoms with van der Waals surface area (Å²) in [5.74, 6) is 1.16. The van der Waals surface area contributed by atoms with Crippen molar-refractivity contribution in [2.75, 3.05) is 19.0 Å². The second-order valence-corrected chi connectivity index (χ2v) is 4.95. The second kappa shape index (κ2) is 6.61. The van der Waals surface area contributed by atoms with E-state index in [1.165, 1.54) is 6.26 Å². The summed E-state index contributed by atoms with van der Waals surface area (Å²) < 4.78 is 10.6. The third kappa shape index (κ3) is 3.29. The first-order valence-corrected chi connectivity index (χ1v) is 7.26. The van der Waals surface area contributed by atoms with Crippen molar-refractivity contribution < 1.29 is 14.3 Å². The quantitative estimate of drug-likeness (QED) is 0.616. The Morgan fingerprint density at radius 1 is 1.37 bits per heavy atom. The Hall–Kier alpha value is -1.49. The molecule has 5 heteroatoms. The molecule has 4 nitrogen and oxygen atoms in total. The molecule has 102 valence electrons. The summed E-state index contributed by atoms with van der Waals surface area (Å²) in [4.78, 5) is 14.1. The number of unbranched alkanes of at least 4 members (excludes halogenated alkanes) is 1. The van der Waals surface area contributed by atoms with Crippen molar-refractivity contribution in [2.45, 2.75) is 12.8 Å². The molecule has 1 aliphatic heterocycles. The molecule has 1 aromatic carbocycles. The Morgan fingerprint density at radius 2 is 2.21 bits per heavy atom. The number of benzene rings is 1. The lowest BCUT2D eigenvalue weighted by Crippen LogP contribution is -2.26. The van der Waals surface area contributed by atoms with Gasteiger partial charge in [0, 0.05) is 24.1 Å². The summed E-state index contributed by atoms with van der Waals surface area (Å²) >= 11 is 3.39. The van der Waals surface area contributed by atoms with Gasteiger partial charge in [-0.15, -0.1) is 0 Å². The highest BCUT2D eigenvalue weighted by Crippen LogP contribution is 2.28. The van der Waals surface area contributed by atoms with E-state index in [-0.39, 0.29) is 5.91 Å². The maximum Gasteiger partial charge on any atom is 0.261 e. The fourth-order valence-corrected chi connectivity index (χ4v) is 2.25. The molecule has 2 rings (SSSR count).